The number of hydrogen-bond acceptors (Lipinski definition) is 18. The lowest BCUT2D eigenvalue weighted by molar-refractivity contribution is -0.377. The van der Waals surface area contributed by atoms with E-state index in [0.29, 0.717) is 0 Å². The summed E-state index contributed by atoms with van der Waals surface area (Å²) in [6, 6.07) is 1.28. The summed E-state index contributed by atoms with van der Waals surface area (Å²) in [6.07, 6.45) is 9.05. The van der Waals surface area contributed by atoms with Crippen molar-refractivity contribution in [3.8, 4) is 5.75 Å². The Balaban J connectivity index is 1.39. The van der Waals surface area contributed by atoms with Crippen molar-refractivity contribution in [1.82, 2.24) is 9.88 Å². The molecule has 1 aromatic rings. The van der Waals surface area contributed by atoms with Gasteiger partial charge in [-0.1, -0.05) is 113 Å². The molecule has 20 nitrogen and oxygen atoms in total. The van der Waals surface area contributed by atoms with Gasteiger partial charge in [-0.25, -0.2) is 0 Å². The molecule has 4 heterocycles. The second-order valence-electron chi connectivity index (χ2n) is 20.7. The maximum atomic E-state index is 14.0. The number of methoxy groups -OCH3 is 3. The topological polar surface area (TPSA) is 284 Å². The zero-order valence-corrected chi connectivity index (χ0v) is 47.2. The van der Waals surface area contributed by atoms with E-state index in [-0.39, 0.29) is 30.5 Å². The first kappa shape index (κ1) is 65.8. The van der Waals surface area contributed by atoms with Crippen LogP contribution in [0.2, 0.25) is 0 Å². The number of nitrogens with one attached hydrogen (secondary N) is 1. The van der Waals surface area contributed by atoms with Gasteiger partial charge in [0.05, 0.1) is 48.6 Å². The smallest absolute Gasteiger partial charge is 0.265 e. The lowest BCUT2D eigenvalue weighted by atomic mass is 9.72. The molecule has 1 aromatic heterocycles. The SMILES string of the molecule is C/C=C\C=C\[C@@H]1O[C@](O)([C@H](CC)C(=O)NC/C=C/C=C(\C)[C@@H](OC)[C@@H](C)[C@H](O)[C@@H](O)/C=C/C=C\C=C\C=C(/C)C(=O)c2c(O)ccn(C)c2=O)C[C@H](O[C@@H]2O[C@@H](C)[C@@H](O[C@@H]3O[C@@H](C)[C@H](O)[C@@H](O)[C@@H]3OC)[C@H](OC)[C@H]2O)C1(C)C. The van der Waals surface area contributed by atoms with Gasteiger partial charge in [-0.15, -0.1) is 0 Å². The van der Waals surface area contributed by atoms with Crippen LogP contribution >= 0.6 is 0 Å². The van der Waals surface area contributed by atoms with E-state index in [1.165, 1.54) is 64.3 Å². The molecule has 0 spiro atoms. The molecular formula is C58H86N2O18. The minimum Gasteiger partial charge on any atom is -0.507 e. The monoisotopic (exact) mass is 1100 g/mol. The molecule has 8 N–H and O–H groups in total. The molecule has 0 radical (unpaired) electrons. The fraction of sp³-hybridized carbons (Fsp3) is 0.603. The van der Waals surface area contributed by atoms with E-state index in [2.05, 4.69) is 5.32 Å². The number of rotatable bonds is 25. The van der Waals surface area contributed by atoms with Crippen molar-refractivity contribution in [1.29, 1.82) is 0 Å². The molecule has 3 fully saturated rings. The van der Waals surface area contributed by atoms with E-state index in [9.17, 15) is 50.1 Å². The minimum atomic E-state index is -2.05. The quantitative estimate of drug-likeness (QED) is 0.0391. The van der Waals surface area contributed by atoms with Gasteiger partial charge in [-0.05, 0) is 58.3 Å². The second kappa shape index (κ2) is 30.2. The highest BCUT2D eigenvalue weighted by Crippen LogP contribution is 2.47. The van der Waals surface area contributed by atoms with Crippen LogP contribution in [0.25, 0.3) is 0 Å². The molecule has 20 heteroatoms. The van der Waals surface area contributed by atoms with Crippen LogP contribution in [0.15, 0.2) is 113 Å². The van der Waals surface area contributed by atoms with Gasteiger partial charge >= 0.3 is 0 Å². The molecule has 0 bridgehead atoms. The highest BCUT2D eigenvalue weighted by molar-refractivity contribution is 6.09. The first-order chi connectivity index (χ1) is 36.8. The number of allylic oxidation sites excluding steroid dienone is 12. The van der Waals surface area contributed by atoms with Gasteiger partial charge in [0.1, 0.15) is 47.9 Å². The van der Waals surface area contributed by atoms with E-state index < -0.39 is 138 Å². The summed E-state index contributed by atoms with van der Waals surface area (Å²) in [5, 5.41) is 80.1. The largest absolute Gasteiger partial charge is 0.507 e. The van der Waals surface area contributed by atoms with Crippen molar-refractivity contribution in [2.24, 2.45) is 24.3 Å². The Morgan fingerprint density at radius 2 is 1.53 bits per heavy atom. The number of carbonyl (C=O) groups is 2. The number of aromatic hydroxyl groups is 1. The normalized spacial score (nSPS) is 32.4. The Hall–Kier alpha value is -4.75. The molecule has 3 saturated heterocycles. The fourth-order valence-electron chi connectivity index (χ4n) is 9.85. The second-order valence-corrected chi connectivity index (χ2v) is 20.7. The fourth-order valence-corrected chi connectivity index (χ4v) is 9.85. The third-order valence-electron chi connectivity index (χ3n) is 14.8. The summed E-state index contributed by atoms with van der Waals surface area (Å²) in [5.41, 5.74) is -0.793. The summed E-state index contributed by atoms with van der Waals surface area (Å²) >= 11 is 0. The average molecular weight is 1100 g/mol. The van der Waals surface area contributed by atoms with Crippen LogP contribution in [0.3, 0.4) is 0 Å². The summed E-state index contributed by atoms with van der Waals surface area (Å²) < 4.78 is 49.6. The molecule has 3 aliphatic heterocycles. The van der Waals surface area contributed by atoms with Crippen LogP contribution in [-0.2, 0) is 49.7 Å². The molecule has 78 heavy (non-hydrogen) atoms. The molecule has 0 aliphatic carbocycles. The number of pyridine rings is 1. The number of aryl methyl sites for hydroxylation is 1. The molecule has 0 saturated carbocycles. The molecular weight excluding hydrogens is 1010 g/mol. The first-order valence-electron chi connectivity index (χ1n) is 26.4. The first-order valence-corrected chi connectivity index (χ1v) is 26.4. The molecule has 4 rings (SSSR count). The lowest BCUT2D eigenvalue weighted by Crippen LogP contribution is -2.65. The number of hydrogen-bond donors (Lipinski definition) is 8. The predicted molar refractivity (Wildman–Crippen MR) is 291 cm³/mol. The standard InChI is InChI=1S/C58H86N2O18/c1-14-16-20-28-41-57(8,9)42(76-55-48(67)51(72-12)50(37(7)75-55)77-56-52(73-13)47(66)46(65)36(6)74-56)32-58(70,78-41)38(15-2)53(68)59-30-24-23-26-34(4)49(71-11)35(5)45(64)40(62)27-22-19-17-18-21-25-33(3)44(63)43-39(61)29-31-60(10)54(43)69/h14,16-29,31,35-38,40-42,45-52,55-56,61-62,64-67,70H,15,30,32H2,1-13H3,(H,59,68)/b16-14-,19-17-,21-18+,24-23+,27-22+,28-20+,33-25+,34-26+/t35-,36-,37-,38+,40-,41-,42-,45-,46-,47+,48+,49+,50+,51+,52-,55-,56-,58-/m0/s1. The van der Waals surface area contributed by atoms with Crippen LogP contribution in [-0.4, -0.2) is 178 Å². The number of aromatic nitrogens is 1. The molecule has 18 atom stereocenters. The molecule has 0 unspecified atom stereocenters. The van der Waals surface area contributed by atoms with Crippen molar-refractivity contribution in [3.63, 3.8) is 0 Å². The van der Waals surface area contributed by atoms with Gasteiger partial charge in [0.2, 0.25) is 5.91 Å². The van der Waals surface area contributed by atoms with E-state index in [0.717, 1.165) is 5.57 Å². The highest BCUT2D eigenvalue weighted by Gasteiger charge is 2.58. The number of aliphatic hydroxyl groups excluding tert-OH is 5. The number of ether oxygens (including phenoxy) is 8. The van der Waals surface area contributed by atoms with E-state index in [1.54, 1.807) is 88.5 Å². The van der Waals surface area contributed by atoms with Gasteiger partial charge in [0.15, 0.2) is 24.2 Å². The zero-order chi connectivity index (χ0) is 58.2. The Labute approximate surface area is 458 Å². The molecule has 1 amide bonds. The summed E-state index contributed by atoms with van der Waals surface area (Å²) in [6.45, 7) is 15.9. The van der Waals surface area contributed by atoms with Gasteiger partial charge in [-0.3, -0.25) is 14.4 Å². The van der Waals surface area contributed by atoms with E-state index in [1.807, 2.05) is 39.8 Å². The van der Waals surface area contributed by atoms with E-state index in [4.69, 9.17) is 37.9 Å². The van der Waals surface area contributed by atoms with Gasteiger partial charge in [-0.2, -0.15) is 0 Å². The van der Waals surface area contributed by atoms with Crippen LogP contribution < -0.4 is 10.9 Å². The van der Waals surface area contributed by atoms with Crippen molar-refractivity contribution < 1.29 is 83.2 Å². The number of Topliss-reactive ketones (excluding diaryl/α,β-unsaturated/α-hetero) is 1. The summed E-state index contributed by atoms with van der Waals surface area (Å²) in [7, 11) is 5.73. The summed E-state index contributed by atoms with van der Waals surface area (Å²) in [5.74, 6) is -5.15. The van der Waals surface area contributed by atoms with Gasteiger partial charge in [0, 0.05) is 58.9 Å². The van der Waals surface area contributed by atoms with Gasteiger partial charge in [0.25, 0.3) is 5.56 Å². The van der Waals surface area contributed by atoms with E-state index >= 15 is 0 Å². The average Bonchev–Trinajstić information content (AvgIpc) is 3.47. The van der Waals surface area contributed by atoms with Crippen molar-refractivity contribution in [2.75, 3.05) is 27.9 Å². The van der Waals surface area contributed by atoms with Crippen molar-refractivity contribution in [2.45, 2.75) is 173 Å². The van der Waals surface area contributed by atoms with Crippen LogP contribution in [0, 0.1) is 17.3 Å². The van der Waals surface area contributed by atoms with Gasteiger partial charge < -0.3 is 83.5 Å². The van der Waals surface area contributed by atoms with Crippen LogP contribution in [0.4, 0.5) is 0 Å². The maximum absolute atomic E-state index is 14.0. The highest BCUT2D eigenvalue weighted by atomic mass is 16.8. The Morgan fingerprint density at radius 3 is 2.17 bits per heavy atom. The lowest BCUT2D eigenvalue weighted by Gasteiger charge is -2.53. The minimum absolute atomic E-state index is 0.0812. The molecule has 436 valence electrons. The van der Waals surface area contributed by atoms with Crippen molar-refractivity contribution >= 4 is 11.7 Å². The van der Waals surface area contributed by atoms with Crippen molar-refractivity contribution in [3.05, 3.63) is 124 Å². The third kappa shape index (κ3) is 16.2. The van der Waals surface area contributed by atoms with Crippen LogP contribution in [0.5, 0.6) is 5.75 Å². The Kier molecular flexibility index (Phi) is 25.4. The Bertz CT molecular complexity index is 2420. The number of amides is 1. The third-order valence-corrected chi connectivity index (χ3v) is 14.8. The summed E-state index contributed by atoms with van der Waals surface area (Å²) in [4.78, 5) is 39.1. The molecule has 0 aromatic carbocycles. The molecule has 3 aliphatic rings. The number of carbonyl (C=O) groups excluding carboxylic acids is 2. The zero-order valence-electron chi connectivity index (χ0n) is 47.2. The Morgan fingerprint density at radius 1 is 0.872 bits per heavy atom. The maximum Gasteiger partial charge on any atom is 0.265 e. The van der Waals surface area contributed by atoms with Crippen LogP contribution in [0.1, 0.15) is 85.5 Å². The number of nitrogens with zero attached hydrogens (tertiary/aromatic N) is 1. The number of aliphatic hydroxyl groups is 6. The number of ketones is 1. The predicted octanol–water partition coefficient (Wildman–Crippen LogP) is 3.92.